The van der Waals surface area contributed by atoms with Crippen molar-refractivity contribution in [3.8, 4) is 0 Å². The van der Waals surface area contributed by atoms with Crippen molar-refractivity contribution < 1.29 is 9.59 Å². The minimum absolute atomic E-state index is 0.0376. The third-order valence-corrected chi connectivity index (χ3v) is 3.95. The van der Waals surface area contributed by atoms with Gasteiger partial charge in [0.2, 0.25) is 11.8 Å². The molecule has 1 heterocycles. The van der Waals surface area contributed by atoms with Crippen LogP contribution in [0, 0.1) is 11.3 Å². The Morgan fingerprint density at radius 2 is 2.22 bits per heavy atom. The third-order valence-electron chi connectivity index (χ3n) is 3.95. The number of nitrogens with zero attached hydrogens (tertiary/aromatic N) is 1. The van der Waals surface area contributed by atoms with Crippen molar-refractivity contribution in [3.05, 3.63) is 12.7 Å². The zero-order chi connectivity index (χ0) is 13.2. The molecule has 1 atom stereocenters. The van der Waals surface area contributed by atoms with Crippen LogP contribution in [0.2, 0.25) is 0 Å². The molecule has 0 aromatic carbocycles. The molecule has 2 aliphatic rings. The fraction of sp³-hybridized carbons (Fsp3) is 0.714. The predicted molar refractivity (Wildman–Crippen MR) is 69.9 cm³/mol. The highest BCUT2D eigenvalue weighted by Crippen LogP contribution is 2.48. The van der Waals surface area contributed by atoms with Gasteiger partial charge in [-0.15, -0.1) is 6.58 Å². The molecule has 0 radical (unpaired) electrons. The van der Waals surface area contributed by atoms with Gasteiger partial charge in [0.25, 0.3) is 0 Å². The number of carbonyl (C=O) groups excluding carboxylic acids is 2. The van der Waals surface area contributed by atoms with Gasteiger partial charge in [-0.1, -0.05) is 13.0 Å². The van der Waals surface area contributed by atoms with Gasteiger partial charge in [-0.3, -0.25) is 9.59 Å². The Bertz CT molecular complexity index is 361. The first-order valence-corrected chi connectivity index (χ1v) is 6.79. The smallest absolute Gasteiger partial charge is 0.238 e. The Balaban J connectivity index is 1.99. The van der Waals surface area contributed by atoms with E-state index in [1.165, 1.54) is 6.42 Å². The second-order valence-electron chi connectivity index (χ2n) is 5.58. The van der Waals surface area contributed by atoms with E-state index in [1.807, 2.05) is 4.90 Å². The van der Waals surface area contributed by atoms with Crippen LogP contribution in [0.5, 0.6) is 0 Å². The summed E-state index contributed by atoms with van der Waals surface area (Å²) < 4.78 is 0. The Hall–Kier alpha value is -1.32. The molecule has 0 aromatic rings. The lowest BCUT2D eigenvalue weighted by atomic mass is 9.97. The maximum atomic E-state index is 12.5. The summed E-state index contributed by atoms with van der Waals surface area (Å²) in [7, 11) is 0. The molecule has 1 saturated heterocycles. The zero-order valence-corrected chi connectivity index (χ0v) is 11.1. The van der Waals surface area contributed by atoms with E-state index in [0.717, 1.165) is 19.5 Å². The topological polar surface area (TPSA) is 49.4 Å². The molecule has 0 spiro atoms. The number of carbonyl (C=O) groups is 2. The van der Waals surface area contributed by atoms with Crippen molar-refractivity contribution in [1.82, 2.24) is 10.2 Å². The summed E-state index contributed by atoms with van der Waals surface area (Å²) in [4.78, 5) is 26.4. The molecular formula is C14H22N2O2. The normalized spacial score (nSPS) is 25.4. The molecule has 1 N–H and O–H groups in total. The number of amides is 2. The van der Waals surface area contributed by atoms with E-state index in [2.05, 4.69) is 18.8 Å². The molecule has 4 nitrogen and oxygen atoms in total. The van der Waals surface area contributed by atoms with Crippen molar-refractivity contribution >= 4 is 11.8 Å². The summed E-state index contributed by atoms with van der Waals surface area (Å²) in [6.45, 7) is 7.77. The van der Waals surface area contributed by atoms with Crippen LogP contribution in [0.25, 0.3) is 0 Å². The quantitative estimate of drug-likeness (QED) is 0.604. The molecule has 1 aliphatic heterocycles. The third kappa shape index (κ3) is 2.42. The highest BCUT2D eigenvalue weighted by Gasteiger charge is 2.57. The average Bonchev–Trinajstić information content (AvgIpc) is 3.16. The van der Waals surface area contributed by atoms with Crippen molar-refractivity contribution in [2.24, 2.45) is 11.3 Å². The Morgan fingerprint density at radius 1 is 1.50 bits per heavy atom. The van der Waals surface area contributed by atoms with Crippen LogP contribution in [0.3, 0.4) is 0 Å². The Labute approximate surface area is 108 Å². The van der Waals surface area contributed by atoms with Crippen LogP contribution in [0.4, 0.5) is 0 Å². The first kappa shape index (κ1) is 13.1. The first-order valence-electron chi connectivity index (χ1n) is 6.79. The van der Waals surface area contributed by atoms with Crippen LogP contribution >= 0.6 is 0 Å². The second-order valence-corrected chi connectivity index (χ2v) is 5.58. The maximum Gasteiger partial charge on any atom is 0.238 e. The molecule has 0 aromatic heterocycles. The molecule has 4 heteroatoms. The minimum Gasteiger partial charge on any atom is -0.352 e. The van der Waals surface area contributed by atoms with Crippen LogP contribution in [-0.4, -0.2) is 36.3 Å². The van der Waals surface area contributed by atoms with E-state index < -0.39 is 5.41 Å². The van der Waals surface area contributed by atoms with Gasteiger partial charge >= 0.3 is 0 Å². The minimum atomic E-state index is -0.750. The standard InChI is InChI=1S/C14H22N2O2/c1-3-8-15-12(17)14(6-7-14)13(18)16-9-4-5-11(2)10-16/h3,11H,1,4-10H2,2H3,(H,15,17). The van der Waals surface area contributed by atoms with Crippen LogP contribution in [-0.2, 0) is 9.59 Å². The fourth-order valence-corrected chi connectivity index (χ4v) is 2.67. The number of rotatable bonds is 4. The van der Waals surface area contributed by atoms with Crippen molar-refractivity contribution in [2.75, 3.05) is 19.6 Å². The summed E-state index contributed by atoms with van der Waals surface area (Å²) in [5, 5.41) is 2.76. The molecule has 1 saturated carbocycles. The SMILES string of the molecule is C=CCNC(=O)C1(C(=O)N2CCCC(C)C2)CC1. The number of piperidine rings is 1. The molecule has 2 amide bonds. The Kier molecular flexibility index (Phi) is 3.73. The van der Waals surface area contributed by atoms with Gasteiger partial charge in [0, 0.05) is 19.6 Å². The summed E-state index contributed by atoms with van der Waals surface area (Å²) in [6.07, 6.45) is 5.26. The summed E-state index contributed by atoms with van der Waals surface area (Å²) in [5.74, 6) is 0.468. The van der Waals surface area contributed by atoms with Gasteiger partial charge < -0.3 is 10.2 Å². The molecule has 1 unspecified atom stereocenters. The molecule has 0 bridgehead atoms. The highest BCUT2D eigenvalue weighted by atomic mass is 16.2. The van der Waals surface area contributed by atoms with Crippen LogP contribution in [0.15, 0.2) is 12.7 Å². The molecule has 18 heavy (non-hydrogen) atoms. The van der Waals surface area contributed by atoms with E-state index in [9.17, 15) is 9.59 Å². The Morgan fingerprint density at radius 3 is 2.78 bits per heavy atom. The lowest BCUT2D eigenvalue weighted by Crippen LogP contribution is -2.48. The average molecular weight is 250 g/mol. The summed E-state index contributed by atoms with van der Waals surface area (Å²) in [5.41, 5.74) is -0.750. The number of nitrogens with one attached hydrogen (secondary N) is 1. The van der Waals surface area contributed by atoms with E-state index in [4.69, 9.17) is 0 Å². The number of likely N-dealkylation sites (tertiary alicyclic amines) is 1. The predicted octanol–water partition coefficient (Wildman–Crippen LogP) is 1.33. The monoisotopic (exact) mass is 250 g/mol. The van der Waals surface area contributed by atoms with Gasteiger partial charge in [-0.25, -0.2) is 0 Å². The van der Waals surface area contributed by atoms with E-state index in [-0.39, 0.29) is 11.8 Å². The van der Waals surface area contributed by atoms with Crippen molar-refractivity contribution in [2.45, 2.75) is 32.6 Å². The van der Waals surface area contributed by atoms with Gasteiger partial charge in [0.05, 0.1) is 0 Å². The number of hydrogen-bond donors (Lipinski definition) is 1. The van der Waals surface area contributed by atoms with Crippen molar-refractivity contribution in [1.29, 1.82) is 0 Å². The maximum absolute atomic E-state index is 12.5. The number of hydrogen-bond acceptors (Lipinski definition) is 2. The summed E-state index contributed by atoms with van der Waals surface area (Å²) >= 11 is 0. The first-order chi connectivity index (χ1) is 8.60. The van der Waals surface area contributed by atoms with Gasteiger partial charge in [0.1, 0.15) is 5.41 Å². The lowest BCUT2D eigenvalue weighted by Gasteiger charge is -2.33. The fourth-order valence-electron chi connectivity index (χ4n) is 2.67. The highest BCUT2D eigenvalue weighted by molar-refractivity contribution is 6.07. The van der Waals surface area contributed by atoms with Gasteiger partial charge in [-0.05, 0) is 31.6 Å². The van der Waals surface area contributed by atoms with Crippen molar-refractivity contribution in [3.63, 3.8) is 0 Å². The largest absolute Gasteiger partial charge is 0.352 e. The van der Waals surface area contributed by atoms with E-state index in [0.29, 0.717) is 25.3 Å². The van der Waals surface area contributed by atoms with Gasteiger partial charge in [0.15, 0.2) is 0 Å². The summed E-state index contributed by atoms with van der Waals surface area (Å²) in [6, 6.07) is 0. The van der Waals surface area contributed by atoms with E-state index >= 15 is 0 Å². The van der Waals surface area contributed by atoms with Gasteiger partial charge in [-0.2, -0.15) is 0 Å². The molecule has 2 rings (SSSR count). The molecule has 1 aliphatic carbocycles. The molecule has 2 fully saturated rings. The van der Waals surface area contributed by atoms with E-state index in [1.54, 1.807) is 6.08 Å². The second kappa shape index (κ2) is 5.12. The van der Waals surface area contributed by atoms with Crippen LogP contribution in [0.1, 0.15) is 32.6 Å². The lowest BCUT2D eigenvalue weighted by molar-refractivity contribution is -0.145. The zero-order valence-electron chi connectivity index (χ0n) is 11.1. The van der Waals surface area contributed by atoms with Crippen LogP contribution < -0.4 is 5.32 Å². The molecular weight excluding hydrogens is 228 g/mol. The molecule has 100 valence electrons.